The minimum atomic E-state index is 0.477. The number of rotatable bonds is 4. The Morgan fingerprint density at radius 2 is 2.18 bits per heavy atom. The van der Waals surface area contributed by atoms with Crippen LogP contribution in [-0.2, 0) is 7.05 Å². The van der Waals surface area contributed by atoms with Crippen LogP contribution in [0.1, 0.15) is 30.5 Å². The molecule has 1 heterocycles. The van der Waals surface area contributed by atoms with Gasteiger partial charge in [0, 0.05) is 19.6 Å². The maximum absolute atomic E-state index is 9.19. The quantitative estimate of drug-likeness (QED) is 0.784. The fraction of sp³-hybridized carbons (Fsp3) is 0.583. The van der Waals surface area contributed by atoms with E-state index in [4.69, 9.17) is 5.26 Å². The largest absolute Gasteiger partial charge is 0.352 e. The maximum atomic E-state index is 9.19. The molecule has 1 aliphatic carbocycles. The zero-order valence-electron chi connectivity index (χ0n) is 10.1. The average molecular weight is 229 g/mol. The first-order valence-corrected chi connectivity index (χ1v) is 5.76. The maximum Gasteiger partial charge on any atom is 0.145 e. The minimum absolute atomic E-state index is 0.477. The van der Waals surface area contributed by atoms with E-state index in [2.05, 4.69) is 22.1 Å². The zero-order valence-corrected chi connectivity index (χ0v) is 10.1. The predicted octanol–water partition coefficient (Wildman–Crippen LogP) is 1.48. The molecule has 0 aliphatic heterocycles. The van der Waals surface area contributed by atoms with Gasteiger partial charge in [-0.2, -0.15) is 15.6 Å². The van der Waals surface area contributed by atoms with E-state index in [-0.39, 0.29) is 0 Å². The Balaban J connectivity index is 2.36. The van der Waals surface area contributed by atoms with Crippen molar-refractivity contribution in [3.63, 3.8) is 0 Å². The summed E-state index contributed by atoms with van der Waals surface area (Å²) in [6, 6.07) is 4.85. The first kappa shape index (κ1) is 11.5. The second kappa shape index (κ2) is 4.47. The van der Waals surface area contributed by atoms with Crippen molar-refractivity contribution < 1.29 is 0 Å². The van der Waals surface area contributed by atoms with Gasteiger partial charge in [-0.3, -0.25) is 4.68 Å². The van der Waals surface area contributed by atoms with Crippen molar-refractivity contribution in [1.29, 1.82) is 10.5 Å². The van der Waals surface area contributed by atoms with Gasteiger partial charge in [-0.05, 0) is 19.8 Å². The third-order valence-corrected chi connectivity index (χ3v) is 3.03. The lowest BCUT2D eigenvalue weighted by Gasteiger charge is -2.23. The molecule has 0 saturated heterocycles. The molecule has 0 amide bonds. The number of hydrogen-bond acceptors (Lipinski definition) is 4. The Labute approximate surface area is 101 Å². The van der Waals surface area contributed by atoms with Gasteiger partial charge in [-0.1, -0.05) is 0 Å². The highest BCUT2D eigenvalue weighted by Crippen LogP contribution is 2.34. The van der Waals surface area contributed by atoms with Crippen LogP contribution in [0.4, 0.5) is 5.82 Å². The number of nitrogens with zero attached hydrogens (tertiary/aromatic N) is 5. The molecule has 1 aliphatic rings. The van der Waals surface area contributed by atoms with Crippen molar-refractivity contribution >= 4 is 5.82 Å². The van der Waals surface area contributed by atoms with Crippen LogP contribution >= 0.6 is 0 Å². The molecular weight excluding hydrogens is 214 g/mol. The average Bonchev–Trinajstić information content (AvgIpc) is 3.07. The monoisotopic (exact) mass is 229 g/mol. The molecular formula is C12H15N5. The number of anilines is 1. The number of aromatic nitrogens is 2. The smallest absolute Gasteiger partial charge is 0.145 e. The Morgan fingerprint density at radius 3 is 2.71 bits per heavy atom. The van der Waals surface area contributed by atoms with Gasteiger partial charge in [0.15, 0.2) is 0 Å². The molecule has 0 N–H and O–H groups in total. The van der Waals surface area contributed by atoms with E-state index in [1.54, 1.807) is 4.68 Å². The van der Waals surface area contributed by atoms with Gasteiger partial charge in [0.05, 0.1) is 18.2 Å². The Morgan fingerprint density at radius 1 is 1.47 bits per heavy atom. The summed E-state index contributed by atoms with van der Waals surface area (Å²) in [7, 11) is 1.85. The summed E-state index contributed by atoms with van der Waals surface area (Å²) in [5.74, 6) is 0.864. The van der Waals surface area contributed by atoms with Gasteiger partial charge in [0.25, 0.3) is 0 Å². The van der Waals surface area contributed by atoms with Crippen LogP contribution in [0.2, 0.25) is 0 Å². The van der Waals surface area contributed by atoms with Crippen molar-refractivity contribution in [1.82, 2.24) is 9.78 Å². The van der Waals surface area contributed by atoms with E-state index in [9.17, 15) is 5.26 Å². The third kappa shape index (κ3) is 2.09. The zero-order chi connectivity index (χ0) is 12.4. The summed E-state index contributed by atoms with van der Waals surface area (Å²) >= 11 is 0. The predicted molar refractivity (Wildman–Crippen MR) is 63.3 cm³/mol. The van der Waals surface area contributed by atoms with Crippen molar-refractivity contribution in [2.45, 2.75) is 32.2 Å². The van der Waals surface area contributed by atoms with Crippen LogP contribution in [0.5, 0.6) is 0 Å². The van der Waals surface area contributed by atoms with Crippen molar-refractivity contribution in [2.24, 2.45) is 7.05 Å². The number of hydrogen-bond donors (Lipinski definition) is 0. The van der Waals surface area contributed by atoms with E-state index in [1.165, 1.54) is 0 Å². The number of aryl methyl sites for hydroxylation is 2. The standard InChI is InChI=1S/C12H15N5/c1-9-11(8-14)12(16(2)15-9)17(7-3-6-13)10-4-5-10/h10H,3-5,7H2,1-2H3. The molecule has 5 nitrogen and oxygen atoms in total. The molecule has 0 atom stereocenters. The van der Waals surface area contributed by atoms with Gasteiger partial charge in [-0.25, -0.2) is 0 Å². The molecule has 17 heavy (non-hydrogen) atoms. The highest BCUT2D eigenvalue weighted by Gasteiger charge is 2.32. The molecule has 1 fully saturated rings. The lowest BCUT2D eigenvalue weighted by Crippen LogP contribution is -2.29. The minimum Gasteiger partial charge on any atom is -0.352 e. The summed E-state index contributed by atoms with van der Waals surface area (Å²) in [4.78, 5) is 2.15. The Kier molecular flexibility index (Phi) is 3.01. The lowest BCUT2D eigenvalue weighted by atomic mass is 10.2. The van der Waals surface area contributed by atoms with Crippen LogP contribution in [-0.4, -0.2) is 22.4 Å². The summed E-state index contributed by atoms with van der Waals surface area (Å²) < 4.78 is 1.75. The fourth-order valence-electron chi connectivity index (χ4n) is 2.12. The highest BCUT2D eigenvalue weighted by atomic mass is 15.4. The van der Waals surface area contributed by atoms with E-state index < -0.39 is 0 Å². The topological polar surface area (TPSA) is 68.6 Å². The van der Waals surface area contributed by atoms with Crippen LogP contribution in [0.15, 0.2) is 0 Å². The van der Waals surface area contributed by atoms with Gasteiger partial charge < -0.3 is 4.90 Å². The Hall–Kier alpha value is -2.01. The SMILES string of the molecule is Cc1nn(C)c(N(CCC#N)C2CC2)c1C#N. The molecule has 1 saturated carbocycles. The normalized spacial score (nSPS) is 14.1. The number of nitriles is 2. The fourth-order valence-corrected chi connectivity index (χ4v) is 2.12. The summed E-state index contributed by atoms with van der Waals surface area (Å²) in [5, 5.41) is 22.2. The van der Waals surface area contributed by atoms with Crippen molar-refractivity contribution in [3.8, 4) is 12.1 Å². The lowest BCUT2D eigenvalue weighted by molar-refractivity contribution is 0.693. The van der Waals surface area contributed by atoms with Crippen molar-refractivity contribution in [3.05, 3.63) is 11.3 Å². The Bertz CT molecular complexity index is 498. The molecule has 1 aromatic heterocycles. The van der Waals surface area contributed by atoms with Crippen LogP contribution < -0.4 is 4.90 Å². The van der Waals surface area contributed by atoms with Crippen molar-refractivity contribution in [2.75, 3.05) is 11.4 Å². The first-order chi connectivity index (χ1) is 8.19. The molecule has 2 rings (SSSR count). The van der Waals surface area contributed by atoms with E-state index in [0.717, 1.165) is 24.4 Å². The van der Waals surface area contributed by atoms with Gasteiger partial charge in [0.1, 0.15) is 17.5 Å². The van der Waals surface area contributed by atoms with Gasteiger partial charge >= 0.3 is 0 Å². The summed E-state index contributed by atoms with van der Waals surface area (Å²) in [6.45, 7) is 2.52. The summed E-state index contributed by atoms with van der Waals surface area (Å²) in [5.41, 5.74) is 1.39. The van der Waals surface area contributed by atoms with Crippen LogP contribution in [0, 0.1) is 29.6 Å². The molecule has 0 radical (unpaired) electrons. The molecule has 1 aromatic rings. The second-order valence-electron chi connectivity index (χ2n) is 4.35. The van der Waals surface area contributed by atoms with E-state index >= 15 is 0 Å². The van der Waals surface area contributed by atoms with Gasteiger partial charge in [-0.15, -0.1) is 0 Å². The van der Waals surface area contributed by atoms with Crippen LogP contribution in [0.25, 0.3) is 0 Å². The molecule has 5 heteroatoms. The first-order valence-electron chi connectivity index (χ1n) is 5.76. The molecule has 0 aromatic carbocycles. The molecule has 0 bridgehead atoms. The van der Waals surface area contributed by atoms with E-state index in [1.807, 2.05) is 14.0 Å². The highest BCUT2D eigenvalue weighted by molar-refractivity contribution is 5.58. The summed E-state index contributed by atoms with van der Waals surface area (Å²) in [6.07, 6.45) is 2.76. The molecule has 0 unspecified atom stereocenters. The second-order valence-corrected chi connectivity index (χ2v) is 4.35. The van der Waals surface area contributed by atoms with Crippen LogP contribution in [0.3, 0.4) is 0 Å². The van der Waals surface area contributed by atoms with Gasteiger partial charge in [0.2, 0.25) is 0 Å². The third-order valence-electron chi connectivity index (χ3n) is 3.03. The molecule has 88 valence electrons. The van der Waals surface area contributed by atoms with E-state index in [0.29, 0.717) is 24.6 Å². The molecule has 0 spiro atoms.